The molecular weight excluding hydrogens is 430 g/mol. The number of anilines is 2. The lowest BCUT2D eigenvalue weighted by Crippen LogP contribution is -2.47. The first-order valence-corrected chi connectivity index (χ1v) is 11.3. The molecule has 1 heterocycles. The van der Waals surface area contributed by atoms with Crippen molar-refractivity contribution in [2.45, 2.75) is 17.9 Å². The van der Waals surface area contributed by atoms with Crippen LogP contribution in [0.1, 0.15) is 17.2 Å². The van der Waals surface area contributed by atoms with E-state index in [0.29, 0.717) is 17.0 Å². The third-order valence-corrected chi connectivity index (χ3v) is 5.97. The van der Waals surface area contributed by atoms with Crippen molar-refractivity contribution in [2.75, 3.05) is 16.8 Å². The van der Waals surface area contributed by atoms with Crippen LogP contribution in [0.2, 0.25) is 0 Å². The number of nitrogens with one attached hydrogen (secondary N) is 1. The Bertz CT molecular complexity index is 1290. The second-order valence-electron chi connectivity index (χ2n) is 7.40. The molecule has 0 spiro atoms. The molecule has 0 saturated carbocycles. The summed E-state index contributed by atoms with van der Waals surface area (Å²) in [5, 5.41) is 7.91. The number of nitrogens with zero attached hydrogens (tertiary/aromatic N) is 1. The predicted molar refractivity (Wildman–Crippen MR) is 120 cm³/mol. The van der Waals surface area contributed by atoms with E-state index in [2.05, 4.69) is 5.32 Å². The van der Waals surface area contributed by atoms with E-state index in [-0.39, 0.29) is 17.2 Å². The highest BCUT2D eigenvalue weighted by Crippen LogP contribution is 2.39. The van der Waals surface area contributed by atoms with Crippen molar-refractivity contribution in [3.05, 3.63) is 83.9 Å². The summed E-state index contributed by atoms with van der Waals surface area (Å²) in [6.45, 7) is 1.60. The van der Waals surface area contributed by atoms with Crippen LogP contribution in [0.4, 0.5) is 11.4 Å². The van der Waals surface area contributed by atoms with Gasteiger partial charge in [0.15, 0.2) is 6.61 Å². The molecule has 0 aliphatic carbocycles. The molecule has 3 N–H and O–H groups in total. The van der Waals surface area contributed by atoms with Crippen LogP contribution in [-0.4, -0.2) is 26.8 Å². The van der Waals surface area contributed by atoms with Crippen molar-refractivity contribution in [1.29, 1.82) is 0 Å². The van der Waals surface area contributed by atoms with E-state index < -0.39 is 27.9 Å². The molecule has 0 aromatic heterocycles. The molecule has 1 aliphatic rings. The van der Waals surface area contributed by atoms with Crippen LogP contribution in [0.5, 0.6) is 5.75 Å². The number of carbonyl (C=O) groups excluding carboxylic acids is 2. The van der Waals surface area contributed by atoms with E-state index in [1.807, 2.05) is 25.1 Å². The maximum absolute atomic E-state index is 13.3. The smallest absolute Gasteiger partial charge is 0.265 e. The molecule has 1 atom stereocenters. The fourth-order valence-electron chi connectivity index (χ4n) is 3.59. The highest BCUT2D eigenvalue weighted by Gasteiger charge is 2.38. The number of aryl methyl sites for hydroxylation is 1. The van der Waals surface area contributed by atoms with Crippen LogP contribution < -0.4 is 20.1 Å². The summed E-state index contributed by atoms with van der Waals surface area (Å²) < 4.78 is 29.2. The van der Waals surface area contributed by atoms with Gasteiger partial charge in [-0.3, -0.25) is 14.5 Å². The molecule has 0 fully saturated rings. The second-order valence-corrected chi connectivity index (χ2v) is 8.96. The monoisotopic (exact) mass is 451 g/mol. The highest BCUT2D eigenvalue weighted by molar-refractivity contribution is 7.89. The largest absolute Gasteiger partial charge is 0.484 e. The summed E-state index contributed by atoms with van der Waals surface area (Å²) in [6, 6.07) is 19.2. The Morgan fingerprint density at radius 2 is 1.81 bits per heavy atom. The Morgan fingerprint density at radius 1 is 1.06 bits per heavy atom. The average molecular weight is 452 g/mol. The summed E-state index contributed by atoms with van der Waals surface area (Å²) >= 11 is 0. The number of carbonyl (C=O) groups is 2. The standard InChI is InChI=1S/C23H21N3O5S/c1-15-6-5-9-17(12-15)31-14-21(27)26-20-11-10-18(32(24,29)30)13-19(20)25-23(28)22(26)16-7-3-2-4-8-16/h2-13,22H,14H2,1H3,(H,25,28)(H2,24,29,30). The first kappa shape index (κ1) is 21.5. The van der Waals surface area contributed by atoms with Crippen molar-refractivity contribution in [3.63, 3.8) is 0 Å². The number of amides is 2. The zero-order valence-corrected chi connectivity index (χ0v) is 18.0. The van der Waals surface area contributed by atoms with Crippen LogP contribution in [0, 0.1) is 6.92 Å². The molecule has 3 aromatic carbocycles. The van der Waals surface area contributed by atoms with Crippen LogP contribution in [0.25, 0.3) is 0 Å². The minimum Gasteiger partial charge on any atom is -0.484 e. The summed E-state index contributed by atoms with van der Waals surface area (Å²) in [7, 11) is -3.99. The van der Waals surface area contributed by atoms with Crippen LogP contribution in [-0.2, 0) is 19.6 Å². The maximum Gasteiger partial charge on any atom is 0.265 e. The molecule has 164 valence electrons. The third kappa shape index (κ3) is 4.34. The molecule has 8 nitrogen and oxygen atoms in total. The lowest BCUT2D eigenvalue weighted by molar-refractivity contribution is -0.125. The van der Waals surface area contributed by atoms with Gasteiger partial charge in [-0.2, -0.15) is 0 Å². The van der Waals surface area contributed by atoms with Crippen LogP contribution >= 0.6 is 0 Å². The van der Waals surface area contributed by atoms with E-state index in [0.717, 1.165) is 5.56 Å². The van der Waals surface area contributed by atoms with Gasteiger partial charge in [0.25, 0.3) is 11.8 Å². The predicted octanol–water partition coefficient (Wildman–Crippen LogP) is 2.75. The van der Waals surface area contributed by atoms with Gasteiger partial charge in [0.1, 0.15) is 11.8 Å². The van der Waals surface area contributed by atoms with E-state index in [1.54, 1.807) is 36.4 Å². The van der Waals surface area contributed by atoms with Gasteiger partial charge in [0.2, 0.25) is 10.0 Å². The van der Waals surface area contributed by atoms with Gasteiger partial charge in [-0.15, -0.1) is 0 Å². The molecule has 4 rings (SSSR count). The van der Waals surface area contributed by atoms with Gasteiger partial charge in [0, 0.05) is 0 Å². The Hall–Kier alpha value is -3.69. The molecule has 3 aromatic rings. The van der Waals surface area contributed by atoms with E-state index in [4.69, 9.17) is 9.88 Å². The van der Waals surface area contributed by atoms with Gasteiger partial charge < -0.3 is 10.1 Å². The molecule has 9 heteroatoms. The fraction of sp³-hybridized carbons (Fsp3) is 0.130. The number of primary sulfonamides is 1. The van der Waals surface area contributed by atoms with Crippen molar-refractivity contribution in [3.8, 4) is 5.75 Å². The molecule has 2 amide bonds. The summed E-state index contributed by atoms with van der Waals surface area (Å²) in [5.41, 5.74) is 2.12. The first-order chi connectivity index (χ1) is 15.2. The number of nitrogens with two attached hydrogens (primary N) is 1. The molecule has 0 bridgehead atoms. The van der Waals surface area contributed by atoms with Gasteiger partial charge in [-0.25, -0.2) is 13.6 Å². The Balaban J connectivity index is 1.74. The average Bonchev–Trinajstić information content (AvgIpc) is 2.76. The molecule has 1 aliphatic heterocycles. The number of benzene rings is 3. The van der Waals surface area contributed by atoms with Crippen LogP contribution in [0.3, 0.4) is 0 Å². The zero-order valence-electron chi connectivity index (χ0n) is 17.2. The van der Waals surface area contributed by atoms with Gasteiger partial charge in [-0.1, -0.05) is 42.5 Å². The molecule has 1 unspecified atom stereocenters. The van der Waals surface area contributed by atoms with Crippen LogP contribution in [0.15, 0.2) is 77.7 Å². The molecule has 0 radical (unpaired) electrons. The quantitative estimate of drug-likeness (QED) is 0.618. The minimum atomic E-state index is -3.99. The fourth-order valence-corrected chi connectivity index (χ4v) is 4.13. The number of hydrogen-bond donors (Lipinski definition) is 2. The van der Waals surface area contributed by atoms with E-state index in [9.17, 15) is 18.0 Å². The highest BCUT2D eigenvalue weighted by atomic mass is 32.2. The number of hydrogen-bond acceptors (Lipinski definition) is 5. The molecular formula is C23H21N3O5S. The van der Waals surface area contributed by atoms with Gasteiger partial charge in [0.05, 0.1) is 16.3 Å². The molecule has 32 heavy (non-hydrogen) atoms. The SMILES string of the molecule is Cc1cccc(OCC(=O)N2c3ccc(S(N)(=O)=O)cc3NC(=O)C2c2ccccc2)c1. The Labute approximate surface area is 185 Å². The van der Waals surface area contributed by atoms with Crippen molar-refractivity contribution in [2.24, 2.45) is 5.14 Å². The zero-order chi connectivity index (χ0) is 22.9. The summed E-state index contributed by atoms with van der Waals surface area (Å²) in [6.07, 6.45) is 0. The van der Waals surface area contributed by atoms with E-state index in [1.165, 1.54) is 23.1 Å². The number of fused-ring (bicyclic) bond motifs is 1. The lowest BCUT2D eigenvalue weighted by atomic mass is 10.00. The Morgan fingerprint density at radius 3 is 2.50 bits per heavy atom. The van der Waals surface area contributed by atoms with Crippen molar-refractivity contribution >= 4 is 33.2 Å². The Kier molecular flexibility index (Phi) is 5.68. The minimum absolute atomic E-state index is 0.168. The number of ether oxygens (including phenoxy) is 1. The second kappa shape index (κ2) is 8.45. The lowest BCUT2D eigenvalue weighted by Gasteiger charge is -2.36. The summed E-state index contributed by atoms with van der Waals surface area (Å²) in [4.78, 5) is 27.5. The normalized spacial score (nSPS) is 15.6. The number of sulfonamides is 1. The topological polar surface area (TPSA) is 119 Å². The molecule has 0 saturated heterocycles. The third-order valence-electron chi connectivity index (χ3n) is 5.06. The first-order valence-electron chi connectivity index (χ1n) is 9.78. The van der Waals surface area contributed by atoms with Crippen molar-refractivity contribution in [1.82, 2.24) is 0 Å². The summed E-state index contributed by atoms with van der Waals surface area (Å²) in [5.74, 6) is -0.403. The van der Waals surface area contributed by atoms with E-state index >= 15 is 0 Å². The van der Waals surface area contributed by atoms with Crippen molar-refractivity contribution < 1.29 is 22.7 Å². The van der Waals surface area contributed by atoms with Gasteiger partial charge in [-0.05, 0) is 48.4 Å². The number of rotatable bonds is 5. The maximum atomic E-state index is 13.3. The van der Waals surface area contributed by atoms with Gasteiger partial charge >= 0.3 is 0 Å².